The van der Waals surface area contributed by atoms with Crippen LogP contribution in [0, 0.1) is 13.8 Å². The smallest absolute Gasteiger partial charge is 0.236 e. The fourth-order valence-electron chi connectivity index (χ4n) is 3.93. The van der Waals surface area contributed by atoms with E-state index in [9.17, 15) is 4.79 Å². The van der Waals surface area contributed by atoms with Crippen LogP contribution >= 0.6 is 0 Å². The molecule has 1 aliphatic rings. The maximum atomic E-state index is 12.8. The van der Waals surface area contributed by atoms with Crippen LogP contribution in [-0.2, 0) is 37.4 Å². The maximum absolute atomic E-state index is 12.8. The second-order valence-corrected chi connectivity index (χ2v) is 7.51. The maximum Gasteiger partial charge on any atom is 0.236 e. The lowest BCUT2D eigenvalue weighted by atomic mass is 10.1. The monoisotopic (exact) mass is 372 g/mol. The molecule has 148 valence electrons. The van der Waals surface area contributed by atoms with E-state index in [-0.39, 0.29) is 5.91 Å². The molecule has 0 unspecified atom stereocenters. The van der Waals surface area contributed by atoms with E-state index in [4.69, 9.17) is 0 Å². The first-order valence-corrected chi connectivity index (χ1v) is 9.97. The van der Waals surface area contributed by atoms with E-state index in [0.29, 0.717) is 13.1 Å². The number of likely N-dealkylation sites (N-methyl/N-ethyl adjacent to an activating group) is 1. The number of nitrogens with zero attached hydrogens (tertiary/aromatic N) is 6. The summed E-state index contributed by atoms with van der Waals surface area (Å²) in [7, 11) is 1.89. The van der Waals surface area contributed by atoms with E-state index in [0.717, 1.165) is 56.2 Å². The number of aryl methyl sites for hydroxylation is 3. The minimum atomic E-state index is 0.152. The number of carbonyl (C=O) groups excluding carboxylic acids is 1. The largest absolute Gasteiger partial charge is 0.339 e. The van der Waals surface area contributed by atoms with Gasteiger partial charge in [0.15, 0.2) is 0 Å². The number of rotatable bonds is 7. The molecule has 7 nitrogen and oxygen atoms in total. The van der Waals surface area contributed by atoms with Crippen LogP contribution in [0.1, 0.15) is 48.9 Å². The van der Waals surface area contributed by atoms with Crippen molar-refractivity contribution in [3.8, 4) is 0 Å². The summed E-state index contributed by atoms with van der Waals surface area (Å²) in [6.07, 6.45) is 1.95. The molecule has 0 aliphatic carbocycles. The van der Waals surface area contributed by atoms with Crippen molar-refractivity contribution in [2.24, 2.45) is 0 Å². The lowest BCUT2D eigenvalue weighted by Crippen LogP contribution is -2.41. The summed E-state index contributed by atoms with van der Waals surface area (Å²) in [5.41, 5.74) is 4.58. The van der Waals surface area contributed by atoms with Crippen molar-refractivity contribution in [1.82, 2.24) is 29.1 Å². The molecule has 1 amide bonds. The molecule has 0 bridgehead atoms. The van der Waals surface area contributed by atoms with Gasteiger partial charge in [-0.15, -0.1) is 0 Å². The van der Waals surface area contributed by atoms with Gasteiger partial charge >= 0.3 is 0 Å². The minimum absolute atomic E-state index is 0.152. The van der Waals surface area contributed by atoms with Gasteiger partial charge in [0.1, 0.15) is 5.82 Å². The van der Waals surface area contributed by atoms with E-state index in [1.165, 1.54) is 11.4 Å². The molecule has 0 radical (unpaired) electrons. The average molecular weight is 373 g/mol. The van der Waals surface area contributed by atoms with Crippen molar-refractivity contribution >= 4 is 5.91 Å². The highest BCUT2D eigenvalue weighted by Crippen LogP contribution is 2.20. The zero-order valence-electron chi connectivity index (χ0n) is 17.3. The van der Waals surface area contributed by atoms with Crippen LogP contribution in [0.15, 0.2) is 6.07 Å². The van der Waals surface area contributed by atoms with Gasteiger partial charge in [-0.1, -0.05) is 6.92 Å². The van der Waals surface area contributed by atoms with Crippen molar-refractivity contribution in [1.29, 1.82) is 0 Å². The molecule has 0 N–H and O–H groups in total. The van der Waals surface area contributed by atoms with Gasteiger partial charge in [0.05, 0.1) is 35.9 Å². The van der Waals surface area contributed by atoms with E-state index in [1.54, 1.807) is 0 Å². The van der Waals surface area contributed by atoms with E-state index in [2.05, 4.69) is 46.4 Å². The Kier molecular flexibility index (Phi) is 5.99. The second kappa shape index (κ2) is 8.25. The highest BCUT2D eigenvalue weighted by Gasteiger charge is 2.25. The first kappa shape index (κ1) is 19.6. The van der Waals surface area contributed by atoms with Gasteiger partial charge in [0.2, 0.25) is 5.91 Å². The van der Waals surface area contributed by atoms with E-state index < -0.39 is 0 Å². The number of imidazole rings is 1. The zero-order valence-corrected chi connectivity index (χ0v) is 17.3. The van der Waals surface area contributed by atoms with Gasteiger partial charge in [-0.3, -0.25) is 14.4 Å². The molecule has 2 aromatic heterocycles. The third kappa shape index (κ3) is 4.24. The van der Waals surface area contributed by atoms with Gasteiger partial charge in [0.25, 0.3) is 0 Å². The zero-order chi connectivity index (χ0) is 19.6. The second-order valence-electron chi connectivity index (χ2n) is 7.51. The van der Waals surface area contributed by atoms with Gasteiger partial charge in [-0.25, -0.2) is 4.98 Å². The van der Waals surface area contributed by atoms with Crippen molar-refractivity contribution in [3.63, 3.8) is 0 Å². The Morgan fingerprint density at radius 1 is 1.30 bits per heavy atom. The topological polar surface area (TPSA) is 59.2 Å². The standard InChI is InChI=1S/C20H32N6O/c1-6-9-26-17(11-15(3)22-26)12-23(5)20(27)14-24-10-8-18-19(13-24)25(7-2)16(4)21-18/h11H,6-10,12-14H2,1-5H3. The van der Waals surface area contributed by atoms with Crippen LogP contribution in [-0.4, -0.2) is 55.2 Å². The molecule has 27 heavy (non-hydrogen) atoms. The Labute approximate surface area is 162 Å². The van der Waals surface area contributed by atoms with Crippen LogP contribution in [0.3, 0.4) is 0 Å². The predicted octanol–water partition coefficient (Wildman–Crippen LogP) is 2.14. The average Bonchev–Trinajstić information content (AvgIpc) is 3.13. The number of aromatic nitrogens is 4. The lowest BCUT2D eigenvalue weighted by Gasteiger charge is -2.28. The Balaban J connectivity index is 1.62. The van der Waals surface area contributed by atoms with Crippen molar-refractivity contribution in [3.05, 3.63) is 34.7 Å². The first-order chi connectivity index (χ1) is 12.9. The van der Waals surface area contributed by atoms with Gasteiger partial charge < -0.3 is 9.47 Å². The molecule has 0 saturated carbocycles. The first-order valence-electron chi connectivity index (χ1n) is 9.97. The minimum Gasteiger partial charge on any atom is -0.339 e. The van der Waals surface area contributed by atoms with E-state index >= 15 is 0 Å². The van der Waals surface area contributed by atoms with Crippen LogP contribution in [0.2, 0.25) is 0 Å². The third-order valence-electron chi connectivity index (χ3n) is 5.31. The SMILES string of the molecule is CCCn1nc(C)cc1CN(C)C(=O)CN1CCc2nc(C)n(CC)c2C1. The molecule has 3 heterocycles. The fraction of sp³-hybridized carbons (Fsp3) is 0.650. The van der Waals surface area contributed by atoms with Crippen LogP contribution < -0.4 is 0 Å². The number of amides is 1. The predicted molar refractivity (Wildman–Crippen MR) is 105 cm³/mol. The molecule has 7 heteroatoms. The summed E-state index contributed by atoms with van der Waals surface area (Å²) in [6, 6.07) is 2.08. The van der Waals surface area contributed by atoms with Gasteiger partial charge in [-0.2, -0.15) is 5.10 Å². The fourth-order valence-corrected chi connectivity index (χ4v) is 3.93. The molecular weight excluding hydrogens is 340 g/mol. The Bertz CT molecular complexity index is 806. The molecule has 3 rings (SSSR count). The molecule has 0 spiro atoms. The molecule has 0 atom stereocenters. The highest BCUT2D eigenvalue weighted by molar-refractivity contribution is 5.78. The molecule has 0 saturated heterocycles. The number of hydrogen-bond donors (Lipinski definition) is 0. The summed E-state index contributed by atoms with van der Waals surface area (Å²) in [5, 5.41) is 4.53. The number of hydrogen-bond acceptors (Lipinski definition) is 4. The molecular formula is C20H32N6O. The Morgan fingerprint density at radius 2 is 2.07 bits per heavy atom. The molecule has 1 aliphatic heterocycles. The van der Waals surface area contributed by atoms with Gasteiger partial charge in [-0.05, 0) is 33.3 Å². The summed E-state index contributed by atoms with van der Waals surface area (Å²) in [5.74, 6) is 1.23. The number of fused-ring (bicyclic) bond motifs is 1. The van der Waals surface area contributed by atoms with E-state index in [1.807, 2.05) is 23.6 Å². The molecule has 0 aromatic carbocycles. The van der Waals surface area contributed by atoms with Crippen molar-refractivity contribution < 1.29 is 4.79 Å². The Hall–Kier alpha value is -2.15. The summed E-state index contributed by atoms with van der Waals surface area (Å²) < 4.78 is 4.29. The van der Waals surface area contributed by atoms with Crippen LogP contribution in [0.25, 0.3) is 0 Å². The quantitative estimate of drug-likeness (QED) is 0.747. The summed E-state index contributed by atoms with van der Waals surface area (Å²) in [6.45, 7) is 12.9. The lowest BCUT2D eigenvalue weighted by molar-refractivity contribution is -0.132. The van der Waals surface area contributed by atoms with Crippen LogP contribution in [0.4, 0.5) is 0 Å². The summed E-state index contributed by atoms with van der Waals surface area (Å²) in [4.78, 5) is 21.5. The van der Waals surface area contributed by atoms with Gasteiger partial charge in [0, 0.05) is 39.6 Å². The summed E-state index contributed by atoms with van der Waals surface area (Å²) >= 11 is 0. The normalized spacial score (nSPS) is 14.4. The Morgan fingerprint density at radius 3 is 2.78 bits per heavy atom. The number of carbonyl (C=O) groups is 1. The highest BCUT2D eigenvalue weighted by atomic mass is 16.2. The third-order valence-corrected chi connectivity index (χ3v) is 5.31. The molecule has 0 fully saturated rings. The van der Waals surface area contributed by atoms with Crippen molar-refractivity contribution in [2.45, 2.75) is 66.7 Å². The van der Waals surface area contributed by atoms with Crippen LogP contribution in [0.5, 0.6) is 0 Å². The molecule has 2 aromatic rings. The van der Waals surface area contributed by atoms with Crippen molar-refractivity contribution in [2.75, 3.05) is 20.1 Å².